The molecule has 2 rings (SSSR count). The number of carbonyl (C=O) groups excluding carboxylic acids is 2. The number of rotatable bonds is 7. The summed E-state index contributed by atoms with van der Waals surface area (Å²) >= 11 is 1.51. The number of aromatic nitrogens is 1. The fourth-order valence-corrected chi connectivity index (χ4v) is 3.76. The van der Waals surface area contributed by atoms with Crippen molar-refractivity contribution in [3.05, 3.63) is 5.76 Å². The third-order valence-electron chi connectivity index (χ3n) is 3.46. The Morgan fingerprint density at radius 1 is 1.39 bits per heavy atom. The molecule has 0 aromatic carbocycles. The molecule has 1 aromatic heterocycles. The summed E-state index contributed by atoms with van der Waals surface area (Å²) < 4.78 is 10.7. The summed E-state index contributed by atoms with van der Waals surface area (Å²) in [6.45, 7) is 3.64. The lowest BCUT2D eigenvalue weighted by Crippen LogP contribution is -2.50. The predicted octanol–water partition coefficient (Wildman–Crippen LogP) is 1.63. The molecule has 0 atom stereocenters. The summed E-state index contributed by atoms with van der Waals surface area (Å²) in [5.41, 5.74) is 9.77. The number of urea groups is 1. The second-order valence-corrected chi connectivity index (χ2v) is 7.51. The highest BCUT2D eigenvalue weighted by molar-refractivity contribution is 8.00. The van der Waals surface area contributed by atoms with Gasteiger partial charge in [-0.3, -0.25) is 4.79 Å². The van der Waals surface area contributed by atoms with Gasteiger partial charge in [0, 0.05) is 5.25 Å². The van der Waals surface area contributed by atoms with E-state index >= 15 is 0 Å². The van der Waals surface area contributed by atoms with Crippen LogP contribution in [-0.4, -0.2) is 34.5 Å². The largest absolute Gasteiger partial charge is 0.472 e. The van der Waals surface area contributed by atoms with Crippen molar-refractivity contribution in [1.29, 1.82) is 0 Å². The molecule has 1 saturated carbocycles. The number of thioether (sulfide) groups is 1. The van der Waals surface area contributed by atoms with Crippen molar-refractivity contribution in [3.63, 3.8) is 0 Å². The first-order chi connectivity index (χ1) is 10.8. The lowest BCUT2D eigenvalue weighted by atomic mass is 10.1. The van der Waals surface area contributed by atoms with Crippen molar-refractivity contribution in [3.8, 4) is 5.88 Å². The molecule has 0 bridgehead atoms. The molecule has 1 aliphatic carbocycles. The van der Waals surface area contributed by atoms with E-state index in [1.165, 1.54) is 24.6 Å². The lowest BCUT2D eigenvalue weighted by Gasteiger charge is -2.24. The van der Waals surface area contributed by atoms with Gasteiger partial charge in [-0.1, -0.05) is 12.8 Å². The second kappa shape index (κ2) is 7.12. The molecule has 8 nitrogen and oxygen atoms in total. The molecule has 0 aliphatic heterocycles. The average molecular weight is 342 g/mol. The van der Waals surface area contributed by atoms with Gasteiger partial charge < -0.3 is 26.0 Å². The van der Waals surface area contributed by atoms with E-state index < -0.39 is 17.5 Å². The summed E-state index contributed by atoms with van der Waals surface area (Å²) in [6.07, 6.45) is 4.48. The minimum Gasteiger partial charge on any atom is -0.472 e. The van der Waals surface area contributed by atoms with Gasteiger partial charge in [-0.05, 0) is 31.8 Å². The highest BCUT2D eigenvalue weighted by atomic mass is 32.2. The van der Waals surface area contributed by atoms with Crippen LogP contribution in [0.4, 0.5) is 4.79 Å². The first-order valence-electron chi connectivity index (χ1n) is 7.45. The Morgan fingerprint density at radius 2 is 2.04 bits per heavy atom. The number of nitrogens with two attached hydrogens (primary N) is 2. The van der Waals surface area contributed by atoms with Gasteiger partial charge >= 0.3 is 6.03 Å². The van der Waals surface area contributed by atoms with Gasteiger partial charge in [-0.2, -0.15) is 0 Å². The molecule has 3 amide bonds. The summed E-state index contributed by atoms with van der Waals surface area (Å²) in [7, 11) is 0. The van der Waals surface area contributed by atoms with Gasteiger partial charge in [0.05, 0.1) is 5.54 Å². The van der Waals surface area contributed by atoms with Crippen LogP contribution in [0, 0.1) is 0 Å². The van der Waals surface area contributed by atoms with Gasteiger partial charge in [-0.25, -0.2) is 4.79 Å². The zero-order chi connectivity index (χ0) is 17.0. The van der Waals surface area contributed by atoms with Crippen LogP contribution in [0.3, 0.4) is 0 Å². The summed E-state index contributed by atoms with van der Waals surface area (Å²) in [6, 6.07) is -0.642. The van der Waals surface area contributed by atoms with Crippen molar-refractivity contribution in [2.45, 2.75) is 55.2 Å². The molecule has 1 heterocycles. The van der Waals surface area contributed by atoms with E-state index in [0.717, 1.165) is 12.8 Å². The maximum absolute atomic E-state index is 11.5. The van der Waals surface area contributed by atoms with Gasteiger partial charge in [0.25, 0.3) is 11.8 Å². The van der Waals surface area contributed by atoms with Crippen LogP contribution in [0.2, 0.25) is 0 Å². The average Bonchev–Trinajstić information content (AvgIpc) is 3.05. The van der Waals surface area contributed by atoms with Crippen LogP contribution in [-0.2, 0) is 0 Å². The van der Waals surface area contributed by atoms with E-state index in [4.69, 9.17) is 20.7 Å². The molecule has 23 heavy (non-hydrogen) atoms. The Kier molecular flexibility index (Phi) is 5.40. The number of nitrogens with one attached hydrogen (secondary N) is 1. The number of primary amides is 2. The number of ether oxygens (including phenoxy) is 1. The number of carbonyl (C=O) groups is 2. The van der Waals surface area contributed by atoms with Crippen LogP contribution in [0.15, 0.2) is 9.42 Å². The van der Waals surface area contributed by atoms with E-state index in [0.29, 0.717) is 10.1 Å². The van der Waals surface area contributed by atoms with Crippen molar-refractivity contribution >= 4 is 23.7 Å². The molecule has 0 unspecified atom stereocenters. The van der Waals surface area contributed by atoms with Gasteiger partial charge in [0.2, 0.25) is 5.76 Å². The Hall–Kier alpha value is -1.90. The quantitative estimate of drug-likeness (QED) is 0.689. The number of amides is 3. The molecule has 0 radical (unpaired) electrons. The Bertz CT molecular complexity index is 581. The molecule has 1 aliphatic rings. The van der Waals surface area contributed by atoms with E-state index in [9.17, 15) is 9.59 Å². The highest BCUT2D eigenvalue weighted by Gasteiger charge is 2.28. The number of nitrogens with zero attached hydrogens (tertiary/aromatic N) is 1. The van der Waals surface area contributed by atoms with E-state index in [1.54, 1.807) is 13.8 Å². The van der Waals surface area contributed by atoms with Gasteiger partial charge in [0.15, 0.2) is 0 Å². The number of hydrogen-bond donors (Lipinski definition) is 3. The van der Waals surface area contributed by atoms with Gasteiger partial charge in [-0.15, -0.1) is 11.8 Å². The summed E-state index contributed by atoms with van der Waals surface area (Å²) in [5.74, 6) is -0.449. The fraction of sp³-hybridized carbons (Fsp3) is 0.643. The summed E-state index contributed by atoms with van der Waals surface area (Å²) in [4.78, 5) is 23.0. The Morgan fingerprint density at radius 3 is 2.61 bits per heavy atom. The second-order valence-electron chi connectivity index (χ2n) is 6.20. The molecule has 1 aromatic rings. The molecular formula is C14H22N4O4S. The van der Waals surface area contributed by atoms with Crippen LogP contribution in [0.25, 0.3) is 0 Å². The number of hydrogen-bond acceptors (Lipinski definition) is 6. The van der Waals surface area contributed by atoms with Crippen molar-refractivity contribution in [2.75, 3.05) is 6.61 Å². The van der Waals surface area contributed by atoms with Crippen molar-refractivity contribution in [1.82, 2.24) is 10.5 Å². The fourth-order valence-electron chi connectivity index (χ4n) is 2.41. The van der Waals surface area contributed by atoms with E-state index in [2.05, 4.69) is 10.5 Å². The third-order valence-corrected chi connectivity index (χ3v) is 4.86. The van der Waals surface area contributed by atoms with Crippen LogP contribution in [0.5, 0.6) is 5.88 Å². The molecule has 0 saturated heterocycles. The minimum absolute atomic E-state index is 0.0116. The predicted molar refractivity (Wildman–Crippen MR) is 85.4 cm³/mol. The minimum atomic E-state index is -0.688. The molecule has 0 spiro atoms. The molecule has 9 heteroatoms. The topological polar surface area (TPSA) is 133 Å². The molecule has 5 N–H and O–H groups in total. The maximum atomic E-state index is 11.5. The monoisotopic (exact) mass is 342 g/mol. The highest BCUT2D eigenvalue weighted by Crippen LogP contribution is 2.41. The standard InChI is InChI=1S/C14H22N4O4S/c1-14(2,17-13(16)20)7-21-12-10(9(11(15)19)22-18-12)23-8-5-3-4-6-8/h8H,3-7H2,1-2H3,(H2,15,19)(H3,16,17,20). The normalized spacial score (nSPS) is 15.6. The van der Waals surface area contributed by atoms with Crippen LogP contribution >= 0.6 is 11.8 Å². The van der Waals surface area contributed by atoms with E-state index in [-0.39, 0.29) is 18.2 Å². The lowest BCUT2D eigenvalue weighted by molar-refractivity contribution is 0.0960. The Balaban J connectivity index is 2.11. The van der Waals surface area contributed by atoms with Gasteiger partial charge in [0.1, 0.15) is 11.5 Å². The van der Waals surface area contributed by atoms with E-state index in [1.807, 2.05) is 0 Å². The first-order valence-corrected chi connectivity index (χ1v) is 8.33. The smallest absolute Gasteiger partial charge is 0.312 e. The Labute approximate surface area is 138 Å². The molecule has 128 valence electrons. The summed E-state index contributed by atoms with van der Waals surface area (Å²) in [5, 5.41) is 6.76. The SMILES string of the molecule is CC(C)(COc1noc(C(N)=O)c1SC1CCCC1)NC(N)=O. The van der Waals surface area contributed by atoms with Crippen molar-refractivity contribution in [2.24, 2.45) is 11.5 Å². The van der Waals surface area contributed by atoms with Crippen LogP contribution in [0.1, 0.15) is 50.1 Å². The zero-order valence-electron chi connectivity index (χ0n) is 13.3. The first kappa shape index (κ1) is 17.5. The maximum Gasteiger partial charge on any atom is 0.312 e. The third kappa shape index (κ3) is 4.78. The zero-order valence-corrected chi connectivity index (χ0v) is 14.1. The van der Waals surface area contributed by atoms with Crippen molar-refractivity contribution < 1.29 is 18.8 Å². The molecular weight excluding hydrogens is 320 g/mol. The van der Waals surface area contributed by atoms with Crippen LogP contribution < -0.4 is 21.5 Å². The molecule has 1 fully saturated rings.